The van der Waals surface area contributed by atoms with Gasteiger partial charge in [0.2, 0.25) is 5.91 Å². The number of carbonyl (C=O) groups excluding carboxylic acids is 1. The molecule has 0 saturated carbocycles. The number of allylic oxidation sites excluding steroid dienone is 3. The van der Waals surface area contributed by atoms with E-state index in [1.54, 1.807) is 0 Å². The first-order valence-corrected chi connectivity index (χ1v) is 7.23. The lowest BCUT2D eigenvalue weighted by Crippen LogP contribution is -2.15. The van der Waals surface area contributed by atoms with E-state index in [0.717, 1.165) is 18.4 Å². The molecule has 0 rings (SSSR count). The summed E-state index contributed by atoms with van der Waals surface area (Å²) in [5.41, 5.74) is 6.07. The predicted molar refractivity (Wildman–Crippen MR) is 79.2 cm³/mol. The Bertz CT molecular complexity index is 277. The zero-order chi connectivity index (χ0) is 13.8. The van der Waals surface area contributed by atoms with Crippen molar-refractivity contribution in [2.45, 2.75) is 65.7 Å². The van der Waals surface area contributed by atoms with Gasteiger partial charge in [-0.25, -0.2) is 0 Å². The molecule has 0 fully saturated rings. The molecule has 0 spiro atoms. The van der Waals surface area contributed by atoms with Crippen molar-refractivity contribution >= 4 is 5.91 Å². The van der Waals surface area contributed by atoms with Crippen LogP contribution in [0.15, 0.2) is 23.8 Å². The summed E-state index contributed by atoms with van der Waals surface area (Å²) in [4.78, 5) is 11.2. The van der Waals surface area contributed by atoms with Gasteiger partial charge < -0.3 is 5.73 Å². The first-order chi connectivity index (χ1) is 8.57. The fraction of sp³-hybridized carbons (Fsp3) is 0.688. The molecule has 0 saturated heterocycles. The van der Waals surface area contributed by atoms with Crippen LogP contribution in [0.2, 0.25) is 0 Å². The van der Waals surface area contributed by atoms with Gasteiger partial charge in [0.25, 0.3) is 0 Å². The lowest BCUT2D eigenvalue weighted by molar-refractivity contribution is -0.114. The second kappa shape index (κ2) is 11.1. The minimum absolute atomic E-state index is 0.295. The molecule has 0 aliphatic carbocycles. The predicted octanol–water partition coefficient (Wildman–Crippen LogP) is 4.36. The Kier molecular flexibility index (Phi) is 10.4. The smallest absolute Gasteiger partial charge is 0.244 e. The van der Waals surface area contributed by atoms with E-state index in [4.69, 9.17) is 5.73 Å². The number of hydrogen-bond donors (Lipinski definition) is 1. The van der Waals surface area contributed by atoms with Crippen LogP contribution in [0.25, 0.3) is 0 Å². The molecule has 2 heteroatoms. The summed E-state index contributed by atoms with van der Waals surface area (Å²) in [5, 5.41) is 0. The van der Waals surface area contributed by atoms with Gasteiger partial charge in [0, 0.05) is 5.57 Å². The highest BCUT2D eigenvalue weighted by Crippen LogP contribution is 2.10. The Hall–Kier alpha value is -1.05. The summed E-state index contributed by atoms with van der Waals surface area (Å²) in [6.45, 7) is 6.41. The Morgan fingerprint density at radius 1 is 1.17 bits per heavy atom. The summed E-state index contributed by atoms with van der Waals surface area (Å²) >= 11 is 0. The molecule has 0 unspecified atom stereocenters. The van der Waals surface area contributed by atoms with Gasteiger partial charge in [0.15, 0.2) is 0 Å². The van der Waals surface area contributed by atoms with E-state index in [0.29, 0.717) is 5.92 Å². The first kappa shape index (κ1) is 16.9. The maximum absolute atomic E-state index is 11.2. The summed E-state index contributed by atoms with van der Waals surface area (Å²) in [6, 6.07) is 0. The van der Waals surface area contributed by atoms with Gasteiger partial charge in [-0.3, -0.25) is 4.79 Å². The number of hydrogen-bond acceptors (Lipinski definition) is 1. The van der Waals surface area contributed by atoms with Gasteiger partial charge in [0.05, 0.1) is 0 Å². The van der Waals surface area contributed by atoms with Crippen molar-refractivity contribution in [2.24, 2.45) is 11.7 Å². The second-order valence-electron chi connectivity index (χ2n) is 5.29. The Labute approximate surface area is 112 Å². The molecule has 0 atom stereocenters. The molecule has 2 nitrogen and oxygen atoms in total. The number of primary amides is 1. The Morgan fingerprint density at radius 3 is 2.39 bits per heavy atom. The topological polar surface area (TPSA) is 43.1 Å². The number of nitrogens with two attached hydrogens (primary N) is 1. The van der Waals surface area contributed by atoms with Crippen LogP contribution >= 0.6 is 0 Å². The molecule has 0 aromatic rings. The van der Waals surface area contributed by atoms with Crippen LogP contribution in [0.5, 0.6) is 0 Å². The molecule has 0 radical (unpaired) electrons. The minimum atomic E-state index is -0.295. The fourth-order valence-electron chi connectivity index (χ4n) is 1.84. The van der Waals surface area contributed by atoms with Gasteiger partial charge in [0.1, 0.15) is 0 Å². The van der Waals surface area contributed by atoms with Gasteiger partial charge in [-0.2, -0.15) is 0 Å². The van der Waals surface area contributed by atoms with E-state index in [9.17, 15) is 4.79 Å². The fourth-order valence-corrected chi connectivity index (χ4v) is 1.84. The molecule has 0 aromatic carbocycles. The zero-order valence-electron chi connectivity index (χ0n) is 12.2. The van der Waals surface area contributed by atoms with Crippen LogP contribution in [0.1, 0.15) is 65.7 Å². The van der Waals surface area contributed by atoms with Crippen molar-refractivity contribution in [3.05, 3.63) is 23.8 Å². The van der Waals surface area contributed by atoms with E-state index in [-0.39, 0.29) is 5.91 Å². The third-order valence-corrected chi connectivity index (χ3v) is 2.85. The van der Waals surface area contributed by atoms with E-state index in [1.165, 1.54) is 32.1 Å². The van der Waals surface area contributed by atoms with Gasteiger partial charge in [-0.05, 0) is 25.2 Å². The molecule has 0 bridgehead atoms. The standard InChI is InChI=1S/C16H29NO/c1-4-5-6-7-8-9-10-11-12-15(16(17)18)13-14(2)3/h10-12,14H,4-9,13H2,1-3H3,(H2,17,18)/b11-10+,15-12+. The van der Waals surface area contributed by atoms with Gasteiger partial charge in [-0.15, -0.1) is 0 Å². The summed E-state index contributed by atoms with van der Waals surface area (Å²) in [5.74, 6) is 0.169. The SMILES string of the molecule is CCCCCCC/C=C/C=C(\CC(C)C)C(N)=O. The second-order valence-corrected chi connectivity index (χ2v) is 5.29. The van der Waals surface area contributed by atoms with E-state index in [1.807, 2.05) is 12.2 Å². The van der Waals surface area contributed by atoms with Crippen molar-refractivity contribution in [1.29, 1.82) is 0 Å². The maximum atomic E-state index is 11.2. The molecule has 0 aliphatic heterocycles. The van der Waals surface area contributed by atoms with Crippen molar-refractivity contribution in [3.8, 4) is 0 Å². The molecule has 0 aromatic heterocycles. The Morgan fingerprint density at radius 2 is 1.83 bits per heavy atom. The van der Waals surface area contributed by atoms with E-state index < -0.39 is 0 Å². The van der Waals surface area contributed by atoms with Crippen LogP contribution in [0.4, 0.5) is 0 Å². The average molecular weight is 251 g/mol. The summed E-state index contributed by atoms with van der Waals surface area (Å²) in [6.07, 6.45) is 14.3. The molecule has 104 valence electrons. The third kappa shape index (κ3) is 10.1. The molecule has 18 heavy (non-hydrogen) atoms. The molecular formula is C16H29NO. The largest absolute Gasteiger partial charge is 0.366 e. The number of amides is 1. The van der Waals surface area contributed by atoms with Crippen LogP contribution in [0.3, 0.4) is 0 Å². The molecule has 0 aliphatic rings. The van der Waals surface area contributed by atoms with Crippen LogP contribution in [-0.2, 0) is 4.79 Å². The zero-order valence-corrected chi connectivity index (χ0v) is 12.2. The van der Waals surface area contributed by atoms with Crippen LogP contribution in [0, 0.1) is 5.92 Å². The van der Waals surface area contributed by atoms with E-state index >= 15 is 0 Å². The maximum Gasteiger partial charge on any atom is 0.244 e. The quantitative estimate of drug-likeness (QED) is 0.350. The van der Waals surface area contributed by atoms with Crippen molar-refractivity contribution in [2.75, 3.05) is 0 Å². The van der Waals surface area contributed by atoms with Crippen LogP contribution in [-0.4, -0.2) is 5.91 Å². The highest BCUT2D eigenvalue weighted by Gasteiger charge is 2.05. The van der Waals surface area contributed by atoms with Gasteiger partial charge >= 0.3 is 0 Å². The summed E-state index contributed by atoms with van der Waals surface area (Å²) < 4.78 is 0. The first-order valence-electron chi connectivity index (χ1n) is 7.23. The monoisotopic (exact) mass is 251 g/mol. The molecule has 0 heterocycles. The van der Waals surface area contributed by atoms with Crippen molar-refractivity contribution in [1.82, 2.24) is 0 Å². The third-order valence-electron chi connectivity index (χ3n) is 2.85. The van der Waals surface area contributed by atoms with Crippen molar-refractivity contribution < 1.29 is 4.79 Å². The molecule has 2 N–H and O–H groups in total. The van der Waals surface area contributed by atoms with Crippen LogP contribution < -0.4 is 5.73 Å². The molecular weight excluding hydrogens is 222 g/mol. The Balaban J connectivity index is 3.89. The lowest BCUT2D eigenvalue weighted by atomic mass is 10.0. The van der Waals surface area contributed by atoms with Crippen molar-refractivity contribution in [3.63, 3.8) is 0 Å². The lowest BCUT2D eigenvalue weighted by Gasteiger charge is -2.04. The highest BCUT2D eigenvalue weighted by atomic mass is 16.1. The molecule has 1 amide bonds. The van der Waals surface area contributed by atoms with E-state index in [2.05, 4.69) is 26.8 Å². The average Bonchev–Trinajstić information content (AvgIpc) is 2.30. The normalized spacial score (nSPS) is 12.6. The number of carbonyl (C=O) groups is 1. The summed E-state index contributed by atoms with van der Waals surface area (Å²) in [7, 11) is 0. The number of rotatable bonds is 10. The highest BCUT2D eigenvalue weighted by molar-refractivity contribution is 5.92. The number of unbranched alkanes of at least 4 members (excludes halogenated alkanes) is 5. The minimum Gasteiger partial charge on any atom is -0.366 e. The van der Waals surface area contributed by atoms with Gasteiger partial charge in [-0.1, -0.05) is 64.7 Å².